The number of terminal acetylenes is 3. The Morgan fingerprint density at radius 2 is 0.711 bits per heavy atom. The fourth-order valence-corrected chi connectivity index (χ4v) is 14.7. The quantitative estimate of drug-likeness (QED) is 0.110. The predicted octanol–water partition coefficient (Wildman–Crippen LogP) is 17.9. The average Bonchev–Trinajstić information content (AvgIpc) is 1.66. The molecule has 0 amide bonds. The molecule has 2 aliphatic heterocycles. The van der Waals surface area contributed by atoms with Crippen molar-refractivity contribution in [2.45, 2.75) is 175 Å². The maximum Gasteiger partial charge on any atom is 0.206 e. The van der Waals surface area contributed by atoms with Gasteiger partial charge in [0.1, 0.15) is 16.9 Å². The number of hydrogen-bond donors (Lipinski definition) is 0. The van der Waals surface area contributed by atoms with Crippen molar-refractivity contribution in [2.75, 3.05) is 69.3 Å². The number of hydrogen-bond acceptors (Lipinski definition) is 10. The summed E-state index contributed by atoms with van der Waals surface area (Å²) in [5.74, 6) is 9.21. The van der Waals surface area contributed by atoms with E-state index in [0.717, 1.165) is 105 Å². The summed E-state index contributed by atoms with van der Waals surface area (Å²) >= 11 is 0. The smallest absolute Gasteiger partial charge is 0.206 e. The maximum absolute atomic E-state index is 5.59. The van der Waals surface area contributed by atoms with Crippen LogP contribution in [0.3, 0.4) is 0 Å². The van der Waals surface area contributed by atoms with Crippen LogP contribution >= 0.6 is 0 Å². The number of anilines is 2. The zero-order valence-corrected chi connectivity index (χ0v) is 58.9. The van der Waals surface area contributed by atoms with Gasteiger partial charge < -0.3 is 33.1 Å². The maximum atomic E-state index is 5.59. The van der Waals surface area contributed by atoms with Gasteiger partial charge in [-0.15, -0.1) is 19.3 Å². The van der Waals surface area contributed by atoms with Gasteiger partial charge in [-0.1, -0.05) is 178 Å². The number of ether oxygens (including phenoxy) is 1. The topological polar surface area (TPSA) is 111 Å². The first-order valence-electron chi connectivity index (χ1n) is 36.4. The van der Waals surface area contributed by atoms with E-state index in [4.69, 9.17) is 39.0 Å². The van der Waals surface area contributed by atoms with Crippen molar-refractivity contribution >= 4 is 44.5 Å². The van der Waals surface area contributed by atoms with Crippen molar-refractivity contribution in [1.82, 2.24) is 48.5 Å². The highest BCUT2D eigenvalue weighted by atomic mass is 16.5. The summed E-state index contributed by atoms with van der Waals surface area (Å²) in [5.41, 5.74) is 16.0. The molecule has 10 aromatic rings. The van der Waals surface area contributed by atoms with Gasteiger partial charge >= 0.3 is 0 Å². The largest absolute Gasteiger partial charge is 0.378 e. The third-order valence-electron chi connectivity index (χ3n) is 19.5. The van der Waals surface area contributed by atoms with Crippen molar-refractivity contribution in [2.24, 2.45) is 0 Å². The van der Waals surface area contributed by atoms with Crippen LogP contribution in [0, 0.1) is 37.0 Å². The van der Waals surface area contributed by atoms with Gasteiger partial charge in [-0.2, -0.15) is 0 Å². The van der Waals surface area contributed by atoms with E-state index >= 15 is 0 Å². The van der Waals surface area contributed by atoms with E-state index in [1.807, 2.05) is 60.1 Å². The minimum atomic E-state index is 0.469. The van der Waals surface area contributed by atoms with E-state index < -0.39 is 0 Å². The molecule has 504 valence electrons. The van der Waals surface area contributed by atoms with Crippen LogP contribution in [0.25, 0.3) is 44.2 Å². The van der Waals surface area contributed by atoms with E-state index in [-0.39, 0.29) is 0 Å². The first kappa shape index (κ1) is 70.7. The summed E-state index contributed by atoms with van der Waals surface area (Å²) < 4.78 is 12.8. The van der Waals surface area contributed by atoms with Crippen LogP contribution in [-0.2, 0) is 24.0 Å². The second kappa shape index (κ2) is 35.8. The van der Waals surface area contributed by atoms with Gasteiger partial charge in [0.25, 0.3) is 0 Å². The molecule has 6 aromatic heterocycles. The SMILES string of the molecule is C#Cc1ncc2cc(Cc3ccc(-c4ccccc4)cc3)n(C3CCCCC3)c2n1.C#Cc1ncc2cc(Cc3ccc(N4CCN(C)CC4)cc3)n(C3CCCCC3)c2n1.C#Cc1ncc2cc(Cc3ccc(N4CCOCC4)cc3)n(C3CCCCC3)c2n1.CC.CC.CC. The molecule has 5 aliphatic rings. The first-order chi connectivity index (χ1) is 47.8. The van der Waals surface area contributed by atoms with Gasteiger partial charge in [0.2, 0.25) is 17.5 Å². The molecule has 0 unspecified atom stereocenters. The molecule has 13 heteroatoms. The molecular formula is C84H102N12O. The number of aromatic nitrogens is 9. The lowest BCUT2D eigenvalue weighted by molar-refractivity contribution is 0.122. The Bertz CT molecular complexity index is 4190. The van der Waals surface area contributed by atoms with Crippen molar-refractivity contribution in [1.29, 1.82) is 0 Å². The number of nitrogens with zero attached hydrogens (tertiary/aromatic N) is 12. The monoisotopic (exact) mass is 1290 g/mol. The molecule has 0 atom stereocenters. The third-order valence-corrected chi connectivity index (χ3v) is 19.5. The van der Waals surface area contributed by atoms with Gasteiger partial charge in [0.05, 0.1) is 13.2 Å². The summed E-state index contributed by atoms with van der Waals surface area (Å²) in [4.78, 5) is 34.4. The minimum Gasteiger partial charge on any atom is -0.378 e. The Labute approximate surface area is 578 Å². The highest BCUT2D eigenvalue weighted by Gasteiger charge is 2.26. The lowest BCUT2D eigenvalue weighted by Gasteiger charge is -2.34. The summed E-state index contributed by atoms with van der Waals surface area (Å²) in [7, 11) is 2.20. The van der Waals surface area contributed by atoms with Crippen LogP contribution < -0.4 is 9.80 Å². The van der Waals surface area contributed by atoms with Crippen molar-refractivity contribution < 1.29 is 4.74 Å². The van der Waals surface area contributed by atoms with Crippen molar-refractivity contribution in [3.05, 3.63) is 191 Å². The highest BCUT2D eigenvalue weighted by Crippen LogP contribution is 2.38. The van der Waals surface area contributed by atoms with Gasteiger partial charge in [0, 0.05) is 140 Å². The van der Waals surface area contributed by atoms with Crippen LogP contribution in [0.1, 0.15) is 207 Å². The van der Waals surface area contributed by atoms with Crippen molar-refractivity contribution in [3.8, 4) is 48.2 Å². The van der Waals surface area contributed by atoms with Crippen LogP contribution in [0.5, 0.6) is 0 Å². The second-order valence-electron chi connectivity index (χ2n) is 25.6. The summed E-state index contributed by atoms with van der Waals surface area (Å²) in [6, 6.07) is 45.8. The lowest BCUT2D eigenvalue weighted by Crippen LogP contribution is -2.44. The highest BCUT2D eigenvalue weighted by molar-refractivity contribution is 5.79. The number of rotatable bonds is 12. The van der Waals surface area contributed by atoms with E-state index in [0.29, 0.717) is 35.6 Å². The zero-order valence-electron chi connectivity index (χ0n) is 58.9. The van der Waals surface area contributed by atoms with Crippen LogP contribution in [0.4, 0.5) is 11.4 Å². The molecule has 0 N–H and O–H groups in total. The van der Waals surface area contributed by atoms with Gasteiger partial charge in [0.15, 0.2) is 0 Å². The molecule has 3 aliphatic carbocycles. The van der Waals surface area contributed by atoms with Crippen LogP contribution in [-0.4, -0.2) is 108 Å². The Morgan fingerprint density at radius 1 is 0.392 bits per heavy atom. The molecule has 5 fully saturated rings. The number of morpholine rings is 1. The van der Waals surface area contributed by atoms with Crippen molar-refractivity contribution in [3.63, 3.8) is 0 Å². The summed E-state index contributed by atoms with van der Waals surface area (Å²) in [6.45, 7) is 20.0. The molecule has 0 radical (unpaired) electrons. The molecule has 97 heavy (non-hydrogen) atoms. The standard InChI is InChI=1S/C27H25N3.C26H31N5.C25H28N4O.3C2H6/c1-2-26-28-19-23-18-25(30(27(23)29-26)24-11-7-4-8-12-24)17-20-13-15-22(16-14-20)21-9-5-3-6-10-21;1-3-25-27-19-21-18-24(31(26(21)28-25)23-7-5-4-6-8-23)17-20-9-11-22(12-10-20)30-15-13-29(2)14-16-30;1-2-24-26-18-20-17-23(29(25(20)27-24)22-6-4-3-5-7-22)16-19-8-10-21(11-9-19)28-12-14-30-15-13-28;3*1-2/h1,3,5-6,9-10,13-16,18-19,24H,4,7-8,11-12,17H2;1,9-12,18-19,23H,4-8,13-17H2,2H3;1,8-11,17-18,22H,3-7,12-16H2;3*1-2H3. The molecule has 15 rings (SSSR count). The van der Waals surface area contributed by atoms with E-state index in [2.05, 4.69) is 189 Å². The van der Waals surface area contributed by atoms with Gasteiger partial charge in [-0.25, -0.2) is 29.9 Å². The van der Waals surface area contributed by atoms with E-state index in [9.17, 15) is 0 Å². The number of fused-ring (bicyclic) bond motifs is 3. The third kappa shape index (κ3) is 17.8. The Hall–Kier alpha value is -9.06. The molecule has 8 heterocycles. The number of piperazine rings is 1. The Morgan fingerprint density at radius 3 is 1.05 bits per heavy atom. The predicted molar refractivity (Wildman–Crippen MR) is 403 cm³/mol. The first-order valence-corrected chi connectivity index (χ1v) is 36.4. The van der Waals surface area contributed by atoms with E-state index in [1.165, 1.54) is 153 Å². The van der Waals surface area contributed by atoms with Gasteiger partial charge in [-0.05, 0) is 134 Å². The summed E-state index contributed by atoms with van der Waals surface area (Å²) in [6.07, 6.45) is 44.0. The molecule has 2 saturated heterocycles. The lowest BCUT2D eigenvalue weighted by atomic mass is 9.95. The Balaban J connectivity index is 0.000000152. The second-order valence-corrected chi connectivity index (χ2v) is 25.6. The number of likely N-dealkylation sites (N-methyl/N-ethyl adjacent to an activating group) is 1. The number of benzene rings is 4. The molecule has 0 bridgehead atoms. The average molecular weight is 1300 g/mol. The fourth-order valence-electron chi connectivity index (χ4n) is 14.7. The minimum absolute atomic E-state index is 0.469. The van der Waals surface area contributed by atoms with Crippen LogP contribution in [0.15, 0.2) is 140 Å². The van der Waals surface area contributed by atoms with E-state index in [1.54, 1.807) is 0 Å². The molecular weight excluding hydrogens is 1190 g/mol. The Kier molecular flexibility index (Phi) is 26.1. The van der Waals surface area contributed by atoms with Crippen LogP contribution in [0.2, 0.25) is 0 Å². The normalized spacial score (nSPS) is 16.1. The molecule has 3 saturated carbocycles. The zero-order chi connectivity index (χ0) is 67.9. The van der Waals surface area contributed by atoms with Gasteiger partial charge in [-0.3, -0.25) is 0 Å². The molecule has 13 nitrogen and oxygen atoms in total. The molecule has 0 spiro atoms. The summed E-state index contributed by atoms with van der Waals surface area (Å²) in [5, 5.41) is 3.25. The molecule has 4 aromatic carbocycles. The fraction of sp³-hybridized carbons (Fsp3) is 0.429.